The van der Waals surface area contributed by atoms with E-state index in [1.165, 1.54) is 0 Å². The lowest BCUT2D eigenvalue weighted by atomic mass is 10.2. The van der Waals surface area contributed by atoms with Crippen molar-refractivity contribution >= 4 is 5.91 Å². The van der Waals surface area contributed by atoms with Gasteiger partial charge in [-0.15, -0.1) is 0 Å². The number of carbonyl (C=O) groups excluding carboxylic acids is 1. The van der Waals surface area contributed by atoms with Gasteiger partial charge in [-0.05, 0) is 36.8 Å². The molecule has 138 valence electrons. The molecule has 0 radical (unpaired) electrons. The maximum atomic E-state index is 12.4. The molecule has 1 N–H and O–H groups in total. The van der Waals surface area contributed by atoms with Crippen LogP contribution in [-0.2, 0) is 0 Å². The third-order valence-electron chi connectivity index (χ3n) is 3.95. The topological polar surface area (TPSA) is 66.0 Å². The molecular weight excluding hydrogens is 334 g/mol. The minimum Gasteiger partial charge on any atom is -0.493 e. The number of nitrogens with one attached hydrogen (secondary N) is 1. The molecule has 0 aromatic heterocycles. The third-order valence-corrected chi connectivity index (χ3v) is 3.95. The van der Waals surface area contributed by atoms with Crippen LogP contribution in [0.5, 0.6) is 23.0 Å². The molecule has 1 aliphatic rings. The average Bonchev–Trinajstić information content (AvgIpc) is 2.70. The Morgan fingerprint density at radius 2 is 2.00 bits per heavy atom. The van der Waals surface area contributed by atoms with E-state index in [0.29, 0.717) is 42.6 Å². The molecule has 0 fully saturated rings. The molecule has 0 bridgehead atoms. The molecule has 0 saturated carbocycles. The average molecular weight is 357 g/mol. The highest BCUT2D eigenvalue weighted by Crippen LogP contribution is 2.31. The highest BCUT2D eigenvalue weighted by atomic mass is 16.6. The van der Waals surface area contributed by atoms with Gasteiger partial charge in [0.1, 0.15) is 12.7 Å². The summed E-state index contributed by atoms with van der Waals surface area (Å²) >= 11 is 0. The van der Waals surface area contributed by atoms with E-state index >= 15 is 0 Å². The van der Waals surface area contributed by atoms with Crippen LogP contribution >= 0.6 is 0 Å². The van der Waals surface area contributed by atoms with Gasteiger partial charge in [-0.2, -0.15) is 0 Å². The molecule has 1 aliphatic heterocycles. The summed E-state index contributed by atoms with van der Waals surface area (Å²) in [5, 5.41) is 2.87. The highest BCUT2D eigenvalue weighted by Gasteiger charge is 2.21. The van der Waals surface area contributed by atoms with Crippen molar-refractivity contribution in [2.45, 2.75) is 19.4 Å². The fraction of sp³-hybridized carbons (Fsp3) is 0.350. The second kappa shape index (κ2) is 8.47. The van der Waals surface area contributed by atoms with Crippen LogP contribution in [0.15, 0.2) is 42.5 Å². The zero-order valence-electron chi connectivity index (χ0n) is 15.0. The van der Waals surface area contributed by atoms with E-state index < -0.39 is 0 Å². The molecule has 26 heavy (non-hydrogen) atoms. The van der Waals surface area contributed by atoms with Crippen molar-refractivity contribution in [1.82, 2.24) is 5.32 Å². The van der Waals surface area contributed by atoms with Crippen molar-refractivity contribution in [2.75, 3.05) is 26.9 Å². The molecule has 3 rings (SSSR count). The number of amides is 1. The summed E-state index contributed by atoms with van der Waals surface area (Å²) < 4.78 is 22.4. The summed E-state index contributed by atoms with van der Waals surface area (Å²) in [5.74, 6) is 2.39. The molecule has 2 aromatic carbocycles. The number of ether oxygens (including phenoxy) is 4. The number of hydrogen-bond acceptors (Lipinski definition) is 5. The van der Waals surface area contributed by atoms with Crippen LogP contribution in [0.2, 0.25) is 0 Å². The summed E-state index contributed by atoms with van der Waals surface area (Å²) in [6.45, 7) is 3.38. The van der Waals surface area contributed by atoms with Gasteiger partial charge in [0.05, 0.1) is 20.3 Å². The molecule has 0 aliphatic carbocycles. The lowest BCUT2D eigenvalue weighted by Gasteiger charge is -2.26. The SMILES string of the molecule is CCCOc1ccc(C(=O)NC[C@H]2COc3ccccc3O2)cc1OC. The number of benzene rings is 2. The number of hydrogen-bond donors (Lipinski definition) is 1. The Morgan fingerprint density at radius 1 is 1.19 bits per heavy atom. The van der Waals surface area contributed by atoms with Crippen molar-refractivity contribution in [3.05, 3.63) is 48.0 Å². The Morgan fingerprint density at radius 3 is 2.77 bits per heavy atom. The van der Waals surface area contributed by atoms with E-state index in [2.05, 4.69) is 5.32 Å². The Hall–Kier alpha value is -2.89. The van der Waals surface area contributed by atoms with E-state index in [0.717, 1.165) is 12.2 Å². The Bertz CT molecular complexity index is 762. The predicted molar refractivity (Wildman–Crippen MR) is 97.5 cm³/mol. The van der Waals surface area contributed by atoms with Gasteiger partial charge >= 0.3 is 0 Å². The van der Waals surface area contributed by atoms with Gasteiger partial charge in [-0.25, -0.2) is 0 Å². The minimum absolute atomic E-state index is 0.201. The van der Waals surface area contributed by atoms with Crippen LogP contribution in [0.25, 0.3) is 0 Å². The van der Waals surface area contributed by atoms with Gasteiger partial charge in [0, 0.05) is 5.56 Å². The molecule has 6 heteroatoms. The molecule has 1 amide bonds. The molecular formula is C20H23NO5. The normalized spacial score (nSPS) is 15.2. The zero-order chi connectivity index (χ0) is 18.4. The highest BCUT2D eigenvalue weighted by molar-refractivity contribution is 5.94. The Balaban J connectivity index is 1.58. The molecule has 6 nitrogen and oxygen atoms in total. The first-order valence-electron chi connectivity index (χ1n) is 8.68. The number of methoxy groups -OCH3 is 1. The van der Waals surface area contributed by atoms with Crippen molar-refractivity contribution in [3.8, 4) is 23.0 Å². The first-order valence-corrected chi connectivity index (χ1v) is 8.68. The second-order valence-electron chi connectivity index (χ2n) is 5.92. The zero-order valence-corrected chi connectivity index (χ0v) is 15.0. The van der Waals surface area contributed by atoms with Crippen LogP contribution in [0, 0.1) is 0 Å². The van der Waals surface area contributed by atoms with E-state index in [1.54, 1.807) is 25.3 Å². The van der Waals surface area contributed by atoms with Crippen LogP contribution in [0.3, 0.4) is 0 Å². The maximum Gasteiger partial charge on any atom is 0.251 e. The van der Waals surface area contributed by atoms with Gasteiger partial charge in [0.15, 0.2) is 23.0 Å². The molecule has 1 heterocycles. The van der Waals surface area contributed by atoms with Crippen LogP contribution in [0.1, 0.15) is 23.7 Å². The van der Waals surface area contributed by atoms with Gasteiger partial charge in [0.2, 0.25) is 0 Å². The number of rotatable bonds is 7. The summed E-state index contributed by atoms with van der Waals surface area (Å²) in [6.07, 6.45) is 0.667. The van der Waals surface area contributed by atoms with Crippen molar-refractivity contribution < 1.29 is 23.7 Å². The number of para-hydroxylation sites is 2. The lowest BCUT2D eigenvalue weighted by Crippen LogP contribution is -2.40. The number of carbonyl (C=O) groups is 1. The first-order chi connectivity index (χ1) is 12.7. The minimum atomic E-state index is -0.233. The fourth-order valence-corrected chi connectivity index (χ4v) is 2.61. The quantitative estimate of drug-likeness (QED) is 0.825. The molecule has 2 aromatic rings. The van der Waals surface area contributed by atoms with Gasteiger partial charge in [-0.1, -0.05) is 19.1 Å². The van der Waals surface area contributed by atoms with Gasteiger partial charge in [0.25, 0.3) is 5.91 Å². The lowest BCUT2D eigenvalue weighted by molar-refractivity contribution is 0.0789. The molecule has 0 spiro atoms. The first kappa shape index (κ1) is 17.9. The molecule has 0 unspecified atom stereocenters. The monoisotopic (exact) mass is 357 g/mol. The van der Waals surface area contributed by atoms with Crippen molar-refractivity contribution in [1.29, 1.82) is 0 Å². The summed E-state index contributed by atoms with van der Waals surface area (Å²) in [4.78, 5) is 12.4. The summed E-state index contributed by atoms with van der Waals surface area (Å²) in [7, 11) is 1.56. The van der Waals surface area contributed by atoms with E-state index in [9.17, 15) is 4.79 Å². The van der Waals surface area contributed by atoms with Crippen LogP contribution < -0.4 is 24.3 Å². The summed E-state index contributed by atoms with van der Waals surface area (Å²) in [5.41, 5.74) is 0.503. The largest absolute Gasteiger partial charge is 0.493 e. The third kappa shape index (κ3) is 4.20. The predicted octanol–water partition coefficient (Wildman–Crippen LogP) is 3.05. The molecule has 1 atom stereocenters. The van der Waals surface area contributed by atoms with Crippen molar-refractivity contribution in [3.63, 3.8) is 0 Å². The van der Waals surface area contributed by atoms with E-state index in [-0.39, 0.29) is 12.0 Å². The Labute approximate surface area is 153 Å². The van der Waals surface area contributed by atoms with Crippen LogP contribution in [-0.4, -0.2) is 38.9 Å². The standard InChI is InChI=1S/C20H23NO5/c1-3-10-24-17-9-8-14(11-19(17)23-2)20(22)21-12-15-13-25-16-6-4-5-7-18(16)26-15/h4-9,11,15H,3,10,12-13H2,1-2H3,(H,21,22)/t15-/m0/s1. The number of fused-ring (bicyclic) bond motifs is 1. The van der Waals surface area contributed by atoms with Crippen LogP contribution in [0.4, 0.5) is 0 Å². The summed E-state index contributed by atoms with van der Waals surface area (Å²) in [6, 6.07) is 12.6. The maximum absolute atomic E-state index is 12.4. The van der Waals surface area contributed by atoms with E-state index in [1.807, 2.05) is 31.2 Å². The van der Waals surface area contributed by atoms with Gasteiger partial charge < -0.3 is 24.3 Å². The van der Waals surface area contributed by atoms with Crippen molar-refractivity contribution in [2.24, 2.45) is 0 Å². The molecule has 0 saturated heterocycles. The fourth-order valence-electron chi connectivity index (χ4n) is 2.61. The Kier molecular flexibility index (Phi) is 5.84. The van der Waals surface area contributed by atoms with Gasteiger partial charge in [-0.3, -0.25) is 4.79 Å². The van der Waals surface area contributed by atoms with E-state index in [4.69, 9.17) is 18.9 Å². The smallest absolute Gasteiger partial charge is 0.251 e. The second-order valence-corrected chi connectivity index (χ2v) is 5.92.